The molecular weight excluding hydrogens is 390 g/mol. The minimum Gasteiger partial charge on any atom is -0.346 e. The second-order valence-corrected chi connectivity index (χ2v) is 8.25. The summed E-state index contributed by atoms with van der Waals surface area (Å²) >= 11 is 3.29. The summed E-state index contributed by atoms with van der Waals surface area (Å²) in [6.45, 7) is 0. The number of carbonyl (C=O) groups is 1. The van der Waals surface area contributed by atoms with Gasteiger partial charge < -0.3 is 14.9 Å². The summed E-state index contributed by atoms with van der Waals surface area (Å²) in [5, 5.41) is 5.94. The van der Waals surface area contributed by atoms with E-state index in [0.717, 1.165) is 39.9 Å². The Morgan fingerprint density at radius 3 is 2.86 bits per heavy atom. The zero-order valence-corrected chi connectivity index (χ0v) is 17.1. The molecule has 0 saturated heterocycles. The molecule has 8 heteroatoms. The zero-order chi connectivity index (χ0) is 19.3. The fourth-order valence-corrected chi connectivity index (χ4v) is 4.28. The van der Waals surface area contributed by atoms with Crippen molar-refractivity contribution in [1.29, 1.82) is 0 Å². The molecule has 1 aromatic carbocycles. The lowest BCUT2D eigenvalue weighted by atomic mass is 10.2. The molecule has 1 amide bonds. The Balaban J connectivity index is 1.46. The van der Waals surface area contributed by atoms with Gasteiger partial charge in [0.2, 0.25) is 5.91 Å². The van der Waals surface area contributed by atoms with E-state index >= 15 is 0 Å². The molecule has 0 bridgehead atoms. The van der Waals surface area contributed by atoms with Crippen LogP contribution in [0.2, 0.25) is 0 Å². The first-order valence-corrected chi connectivity index (χ1v) is 11.3. The number of thiazole rings is 1. The third-order valence-corrected chi connectivity index (χ3v) is 5.94. The van der Waals surface area contributed by atoms with Crippen LogP contribution in [-0.4, -0.2) is 37.4 Å². The van der Waals surface area contributed by atoms with E-state index in [-0.39, 0.29) is 18.4 Å². The second kappa shape index (κ2) is 8.62. The normalized spacial score (nSPS) is 12.3. The van der Waals surface area contributed by atoms with Crippen molar-refractivity contribution in [3.05, 3.63) is 65.7 Å². The van der Waals surface area contributed by atoms with Crippen molar-refractivity contribution in [2.75, 3.05) is 12.0 Å². The average molecular weight is 412 g/mol. The maximum atomic E-state index is 12.7. The summed E-state index contributed by atoms with van der Waals surface area (Å²) in [5.74, 6) is 1.70. The van der Waals surface area contributed by atoms with Gasteiger partial charge >= 0.3 is 0 Å². The number of benzene rings is 1. The van der Waals surface area contributed by atoms with E-state index < -0.39 is 0 Å². The molecule has 144 valence electrons. The highest BCUT2D eigenvalue weighted by molar-refractivity contribution is 7.98. The molecule has 4 aromatic rings. The smallest absolute Gasteiger partial charge is 0.226 e. The number of aromatic amines is 1. The molecule has 3 heterocycles. The molecule has 28 heavy (non-hydrogen) atoms. The molecule has 1 atom stereocenters. The summed E-state index contributed by atoms with van der Waals surface area (Å²) in [6.07, 6.45) is 7.03. The van der Waals surface area contributed by atoms with Crippen molar-refractivity contribution in [2.24, 2.45) is 0 Å². The predicted molar refractivity (Wildman–Crippen MR) is 115 cm³/mol. The van der Waals surface area contributed by atoms with Crippen LogP contribution >= 0.6 is 23.1 Å². The Bertz CT molecular complexity index is 1020. The minimum absolute atomic E-state index is 0.0454. The lowest BCUT2D eigenvalue weighted by molar-refractivity contribution is -0.121. The third kappa shape index (κ3) is 4.28. The molecule has 0 radical (unpaired) electrons. The number of H-pyrrole nitrogens is 1. The Hall–Kier alpha value is -2.58. The summed E-state index contributed by atoms with van der Waals surface area (Å²) in [6, 6.07) is 11.7. The van der Waals surface area contributed by atoms with Gasteiger partial charge in [-0.05, 0) is 42.7 Å². The number of thioether (sulfide) groups is 1. The van der Waals surface area contributed by atoms with Crippen LogP contribution in [0.4, 0.5) is 0 Å². The van der Waals surface area contributed by atoms with Crippen molar-refractivity contribution in [3.8, 4) is 5.13 Å². The number of amides is 1. The monoisotopic (exact) mass is 411 g/mol. The van der Waals surface area contributed by atoms with Gasteiger partial charge in [-0.3, -0.25) is 4.79 Å². The van der Waals surface area contributed by atoms with Crippen LogP contribution in [0.1, 0.15) is 24.0 Å². The number of hydrogen-bond acceptors (Lipinski definition) is 5. The van der Waals surface area contributed by atoms with Crippen molar-refractivity contribution in [3.63, 3.8) is 0 Å². The van der Waals surface area contributed by atoms with E-state index in [1.807, 2.05) is 58.7 Å². The highest BCUT2D eigenvalue weighted by Crippen LogP contribution is 2.21. The molecule has 0 saturated carbocycles. The molecule has 1 unspecified atom stereocenters. The largest absolute Gasteiger partial charge is 0.346 e. The number of rotatable bonds is 8. The van der Waals surface area contributed by atoms with Crippen LogP contribution in [0.5, 0.6) is 0 Å². The molecule has 0 aliphatic rings. The number of nitrogens with zero attached hydrogens (tertiary/aromatic N) is 3. The number of hydrogen-bond donors (Lipinski definition) is 2. The number of fused-ring (bicyclic) bond motifs is 1. The first-order valence-electron chi connectivity index (χ1n) is 9.03. The van der Waals surface area contributed by atoms with Crippen molar-refractivity contribution < 1.29 is 4.79 Å². The lowest BCUT2D eigenvalue weighted by Gasteiger charge is -2.16. The van der Waals surface area contributed by atoms with Gasteiger partial charge in [0, 0.05) is 17.8 Å². The van der Waals surface area contributed by atoms with Crippen LogP contribution < -0.4 is 5.32 Å². The number of nitrogens with one attached hydrogen (secondary N) is 2. The molecule has 3 aromatic heterocycles. The van der Waals surface area contributed by atoms with Crippen molar-refractivity contribution in [2.45, 2.75) is 18.9 Å². The Labute approximate surface area is 171 Å². The van der Waals surface area contributed by atoms with E-state index in [9.17, 15) is 4.79 Å². The average Bonchev–Trinajstić information content (AvgIpc) is 3.44. The van der Waals surface area contributed by atoms with Gasteiger partial charge in [-0.1, -0.05) is 12.1 Å². The van der Waals surface area contributed by atoms with Gasteiger partial charge in [0.05, 0.1) is 29.2 Å². The van der Waals surface area contributed by atoms with E-state index in [1.54, 1.807) is 11.8 Å². The highest BCUT2D eigenvalue weighted by Gasteiger charge is 2.19. The van der Waals surface area contributed by atoms with Gasteiger partial charge in [-0.15, -0.1) is 11.3 Å². The molecule has 4 rings (SSSR count). The summed E-state index contributed by atoms with van der Waals surface area (Å²) in [4.78, 5) is 25.2. The first kappa shape index (κ1) is 18.8. The SMILES string of the molecule is CSCCC(NC(=O)Cc1csc(-n2cccc2)n1)c1nc2ccccc2[nH]1. The number of imidazole rings is 1. The van der Waals surface area contributed by atoms with Crippen molar-refractivity contribution in [1.82, 2.24) is 24.8 Å². The number of aromatic nitrogens is 4. The summed E-state index contributed by atoms with van der Waals surface area (Å²) < 4.78 is 1.95. The lowest BCUT2D eigenvalue weighted by Crippen LogP contribution is -2.31. The van der Waals surface area contributed by atoms with Gasteiger partial charge in [-0.2, -0.15) is 11.8 Å². The molecule has 0 aliphatic carbocycles. The molecular formula is C20H21N5OS2. The van der Waals surface area contributed by atoms with Gasteiger partial charge in [0.1, 0.15) is 5.82 Å². The van der Waals surface area contributed by atoms with Gasteiger partial charge in [0.15, 0.2) is 5.13 Å². The van der Waals surface area contributed by atoms with Gasteiger partial charge in [-0.25, -0.2) is 9.97 Å². The van der Waals surface area contributed by atoms with E-state index in [0.29, 0.717) is 0 Å². The van der Waals surface area contributed by atoms with E-state index in [4.69, 9.17) is 0 Å². The quantitative estimate of drug-likeness (QED) is 0.460. The Morgan fingerprint density at radius 2 is 2.07 bits per heavy atom. The fourth-order valence-electron chi connectivity index (χ4n) is 3.02. The van der Waals surface area contributed by atoms with Crippen molar-refractivity contribution >= 4 is 40.0 Å². The standard InChI is InChI=1S/C20H21N5OS2/c1-27-11-8-17(19-23-15-6-2-3-7-16(15)24-19)22-18(26)12-14-13-28-20(21-14)25-9-4-5-10-25/h2-7,9-10,13,17H,8,11-12H2,1H3,(H,22,26)(H,23,24). The van der Waals surface area contributed by atoms with Crippen LogP contribution in [0.15, 0.2) is 54.2 Å². The van der Waals surface area contributed by atoms with Crippen LogP contribution in [0.3, 0.4) is 0 Å². The first-order chi connectivity index (χ1) is 13.7. The fraction of sp³-hybridized carbons (Fsp3) is 0.250. The molecule has 2 N–H and O–H groups in total. The van der Waals surface area contributed by atoms with Crippen LogP contribution in [-0.2, 0) is 11.2 Å². The Kier molecular flexibility index (Phi) is 5.78. The number of para-hydroxylation sites is 2. The van der Waals surface area contributed by atoms with Gasteiger partial charge in [0.25, 0.3) is 0 Å². The van der Waals surface area contributed by atoms with E-state index in [2.05, 4.69) is 26.5 Å². The topological polar surface area (TPSA) is 75.6 Å². The molecule has 0 fully saturated rings. The molecule has 0 aliphatic heterocycles. The summed E-state index contributed by atoms with van der Waals surface area (Å²) in [5.41, 5.74) is 2.67. The minimum atomic E-state index is -0.144. The second-order valence-electron chi connectivity index (χ2n) is 6.43. The third-order valence-electron chi connectivity index (χ3n) is 4.39. The maximum Gasteiger partial charge on any atom is 0.226 e. The Morgan fingerprint density at radius 1 is 1.25 bits per heavy atom. The summed E-state index contributed by atoms with van der Waals surface area (Å²) in [7, 11) is 0. The van der Waals surface area contributed by atoms with Crippen LogP contribution in [0.25, 0.3) is 16.2 Å². The maximum absolute atomic E-state index is 12.7. The predicted octanol–water partition coefficient (Wildman–Crippen LogP) is 3.96. The van der Waals surface area contributed by atoms with Crippen LogP contribution in [0, 0.1) is 0 Å². The van der Waals surface area contributed by atoms with E-state index in [1.165, 1.54) is 11.3 Å². The molecule has 6 nitrogen and oxygen atoms in total. The zero-order valence-electron chi connectivity index (χ0n) is 15.5. The molecule has 0 spiro atoms. The highest BCUT2D eigenvalue weighted by atomic mass is 32.2. The number of carbonyl (C=O) groups excluding carboxylic acids is 1.